The zero-order valence-electron chi connectivity index (χ0n) is 10.4. The highest BCUT2D eigenvalue weighted by molar-refractivity contribution is 4.90. The predicted molar refractivity (Wildman–Crippen MR) is 68.2 cm³/mol. The smallest absolute Gasteiger partial charge is 0.0598 e. The van der Waals surface area contributed by atoms with Crippen molar-refractivity contribution in [2.24, 2.45) is 11.8 Å². The van der Waals surface area contributed by atoms with E-state index in [2.05, 4.69) is 23.1 Å². The fourth-order valence-electron chi connectivity index (χ4n) is 2.61. The number of rotatable bonds is 5. The van der Waals surface area contributed by atoms with Crippen molar-refractivity contribution in [3.63, 3.8) is 0 Å². The normalized spacial score (nSPS) is 25.2. The first-order valence-electron chi connectivity index (χ1n) is 6.69. The van der Waals surface area contributed by atoms with Crippen LogP contribution in [0.15, 0.2) is 0 Å². The van der Waals surface area contributed by atoms with Crippen molar-refractivity contribution in [3.8, 4) is 12.3 Å². The van der Waals surface area contributed by atoms with Crippen LogP contribution in [0.1, 0.15) is 32.6 Å². The van der Waals surface area contributed by atoms with E-state index in [1.54, 1.807) is 0 Å². The predicted octanol–water partition coefficient (Wildman–Crippen LogP) is 1.72. The molecule has 1 heterocycles. The van der Waals surface area contributed by atoms with Gasteiger partial charge in [0.25, 0.3) is 0 Å². The first-order chi connectivity index (χ1) is 7.79. The molecule has 2 fully saturated rings. The van der Waals surface area contributed by atoms with Gasteiger partial charge in [0, 0.05) is 19.1 Å². The Hall–Kier alpha value is -0.520. The van der Waals surface area contributed by atoms with Crippen molar-refractivity contribution in [1.82, 2.24) is 10.2 Å². The quantitative estimate of drug-likeness (QED) is 0.710. The van der Waals surface area contributed by atoms with Gasteiger partial charge in [0.05, 0.1) is 6.54 Å². The summed E-state index contributed by atoms with van der Waals surface area (Å²) < 4.78 is 0. The van der Waals surface area contributed by atoms with Crippen LogP contribution < -0.4 is 5.32 Å². The zero-order chi connectivity index (χ0) is 11.4. The fraction of sp³-hybridized carbons (Fsp3) is 0.857. The molecule has 16 heavy (non-hydrogen) atoms. The summed E-state index contributed by atoms with van der Waals surface area (Å²) in [7, 11) is 0. The van der Waals surface area contributed by atoms with Gasteiger partial charge < -0.3 is 5.32 Å². The highest BCUT2D eigenvalue weighted by Gasteiger charge is 2.28. The third kappa shape index (κ3) is 3.50. The Balaban J connectivity index is 1.59. The molecule has 1 N–H and O–H groups in total. The first kappa shape index (κ1) is 12.0. The number of likely N-dealkylation sites (tertiary alicyclic amines) is 1. The molecule has 0 aromatic carbocycles. The average Bonchev–Trinajstić information content (AvgIpc) is 3.12. The first-order valence-corrected chi connectivity index (χ1v) is 6.69. The maximum Gasteiger partial charge on any atom is 0.0598 e. The van der Waals surface area contributed by atoms with E-state index < -0.39 is 0 Å². The largest absolute Gasteiger partial charge is 0.314 e. The molecule has 0 aromatic rings. The summed E-state index contributed by atoms with van der Waals surface area (Å²) in [6.45, 7) is 6.76. The van der Waals surface area contributed by atoms with E-state index >= 15 is 0 Å². The van der Waals surface area contributed by atoms with Gasteiger partial charge in [-0.1, -0.05) is 12.8 Å². The second-order valence-corrected chi connectivity index (χ2v) is 5.48. The number of hydrogen-bond donors (Lipinski definition) is 1. The Morgan fingerprint density at radius 1 is 1.31 bits per heavy atom. The van der Waals surface area contributed by atoms with Gasteiger partial charge in [-0.15, -0.1) is 6.42 Å². The fourth-order valence-corrected chi connectivity index (χ4v) is 2.61. The van der Waals surface area contributed by atoms with Crippen molar-refractivity contribution in [2.45, 2.75) is 38.6 Å². The van der Waals surface area contributed by atoms with Crippen LogP contribution in [0.5, 0.6) is 0 Å². The van der Waals surface area contributed by atoms with Crippen molar-refractivity contribution < 1.29 is 0 Å². The van der Waals surface area contributed by atoms with Crippen LogP contribution in [0, 0.1) is 24.2 Å². The van der Waals surface area contributed by atoms with Gasteiger partial charge in [0.2, 0.25) is 0 Å². The Morgan fingerprint density at radius 3 is 2.56 bits per heavy atom. The summed E-state index contributed by atoms with van der Waals surface area (Å²) in [6, 6.07) is 0.732. The highest BCUT2D eigenvalue weighted by atomic mass is 15.1. The van der Waals surface area contributed by atoms with Crippen LogP contribution in [0.3, 0.4) is 0 Å². The van der Waals surface area contributed by atoms with E-state index in [1.165, 1.54) is 45.3 Å². The topological polar surface area (TPSA) is 15.3 Å². The number of nitrogens with zero attached hydrogens (tertiary/aromatic N) is 1. The minimum Gasteiger partial charge on any atom is -0.314 e. The molecule has 1 atom stereocenters. The lowest BCUT2D eigenvalue weighted by molar-refractivity contribution is 0.213. The van der Waals surface area contributed by atoms with Gasteiger partial charge in [0.15, 0.2) is 0 Å². The van der Waals surface area contributed by atoms with Crippen molar-refractivity contribution in [2.75, 3.05) is 26.2 Å². The molecular formula is C14H24N2. The minimum absolute atomic E-state index is 0.732. The maximum absolute atomic E-state index is 5.33. The van der Waals surface area contributed by atoms with Gasteiger partial charge in [-0.3, -0.25) is 4.90 Å². The lowest BCUT2D eigenvalue weighted by Crippen LogP contribution is -2.43. The summed E-state index contributed by atoms with van der Waals surface area (Å²) in [6.07, 6.45) is 10.8. The van der Waals surface area contributed by atoms with E-state index in [4.69, 9.17) is 6.42 Å². The van der Waals surface area contributed by atoms with Crippen molar-refractivity contribution in [1.29, 1.82) is 0 Å². The van der Waals surface area contributed by atoms with Crippen LogP contribution >= 0.6 is 0 Å². The molecule has 0 spiro atoms. The van der Waals surface area contributed by atoms with Gasteiger partial charge in [-0.2, -0.15) is 0 Å². The molecule has 2 rings (SSSR count). The number of nitrogens with one attached hydrogen (secondary N) is 1. The van der Waals surface area contributed by atoms with Crippen LogP contribution in [-0.4, -0.2) is 37.1 Å². The molecule has 1 unspecified atom stereocenters. The molecule has 1 saturated carbocycles. The highest BCUT2D eigenvalue weighted by Crippen LogP contribution is 2.36. The van der Waals surface area contributed by atoms with Gasteiger partial charge >= 0.3 is 0 Å². The Labute approximate surface area is 99.8 Å². The Kier molecular flexibility index (Phi) is 4.26. The van der Waals surface area contributed by atoms with E-state index in [0.29, 0.717) is 0 Å². The molecule has 2 nitrogen and oxygen atoms in total. The van der Waals surface area contributed by atoms with E-state index in [0.717, 1.165) is 24.4 Å². The Bertz CT molecular complexity index is 244. The second-order valence-electron chi connectivity index (χ2n) is 5.48. The number of piperidine rings is 1. The molecule has 0 radical (unpaired) electrons. The van der Waals surface area contributed by atoms with E-state index in [9.17, 15) is 0 Å². The van der Waals surface area contributed by atoms with Crippen molar-refractivity contribution >= 4 is 0 Å². The summed E-state index contributed by atoms with van der Waals surface area (Å²) in [5.74, 6) is 4.63. The zero-order valence-corrected chi connectivity index (χ0v) is 10.4. The monoisotopic (exact) mass is 220 g/mol. The SMILES string of the molecule is C#CCN1CCC(NCC(C)C2CC2)CC1. The number of terminal acetylenes is 1. The van der Waals surface area contributed by atoms with Crippen LogP contribution in [0.4, 0.5) is 0 Å². The third-order valence-corrected chi connectivity index (χ3v) is 4.06. The average molecular weight is 220 g/mol. The van der Waals surface area contributed by atoms with E-state index in [1.807, 2.05) is 0 Å². The molecule has 90 valence electrons. The molecule has 0 amide bonds. The second kappa shape index (κ2) is 5.70. The van der Waals surface area contributed by atoms with Crippen LogP contribution in [0.2, 0.25) is 0 Å². The van der Waals surface area contributed by atoms with Crippen LogP contribution in [-0.2, 0) is 0 Å². The molecule has 1 aliphatic carbocycles. The van der Waals surface area contributed by atoms with Crippen LogP contribution in [0.25, 0.3) is 0 Å². The van der Waals surface area contributed by atoms with Gasteiger partial charge in [-0.25, -0.2) is 0 Å². The Morgan fingerprint density at radius 2 is 2.00 bits per heavy atom. The van der Waals surface area contributed by atoms with E-state index in [-0.39, 0.29) is 0 Å². The summed E-state index contributed by atoms with van der Waals surface area (Å²) >= 11 is 0. The summed E-state index contributed by atoms with van der Waals surface area (Å²) in [5, 5.41) is 3.73. The molecule has 0 bridgehead atoms. The molecule has 1 saturated heterocycles. The molecule has 0 aromatic heterocycles. The summed E-state index contributed by atoms with van der Waals surface area (Å²) in [4.78, 5) is 2.38. The standard InChI is InChI=1S/C14H24N2/c1-3-8-16-9-6-14(7-10-16)15-11-12(2)13-4-5-13/h1,12-15H,4-11H2,2H3. The lowest BCUT2D eigenvalue weighted by Gasteiger charge is -2.31. The molecule has 1 aliphatic heterocycles. The molecule has 2 aliphatic rings. The number of hydrogen-bond acceptors (Lipinski definition) is 2. The van der Waals surface area contributed by atoms with Gasteiger partial charge in [0.1, 0.15) is 0 Å². The minimum atomic E-state index is 0.732. The third-order valence-electron chi connectivity index (χ3n) is 4.06. The maximum atomic E-state index is 5.33. The van der Waals surface area contributed by atoms with Gasteiger partial charge in [-0.05, 0) is 44.1 Å². The van der Waals surface area contributed by atoms with Crippen molar-refractivity contribution in [3.05, 3.63) is 0 Å². The molecular weight excluding hydrogens is 196 g/mol. The molecule has 2 heteroatoms. The summed E-state index contributed by atoms with van der Waals surface area (Å²) in [5.41, 5.74) is 0. The lowest BCUT2D eigenvalue weighted by atomic mass is 10.0.